The van der Waals surface area contributed by atoms with Crippen LogP contribution in [-0.4, -0.2) is 12.2 Å². The van der Waals surface area contributed by atoms with Gasteiger partial charge in [0.05, 0.1) is 5.02 Å². The Morgan fingerprint density at radius 1 is 1.29 bits per heavy atom. The standard InChI is InChI=1S/C11H7Cl2F3O/c12-6-2-1-3-8-4-5-9(7-10(8)13)17-11(14,15)16/h4-5,7H,2,6H2. The van der Waals surface area contributed by atoms with Crippen LogP contribution in [0.1, 0.15) is 12.0 Å². The monoisotopic (exact) mass is 282 g/mol. The van der Waals surface area contributed by atoms with Crippen LogP contribution in [0.15, 0.2) is 18.2 Å². The third-order valence-electron chi connectivity index (χ3n) is 1.62. The molecule has 92 valence electrons. The van der Waals surface area contributed by atoms with E-state index in [1.54, 1.807) is 0 Å². The molecule has 1 aromatic rings. The number of rotatable bonds is 2. The minimum atomic E-state index is -4.73. The van der Waals surface area contributed by atoms with Gasteiger partial charge in [0.25, 0.3) is 0 Å². The number of hydrogen-bond acceptors (Lipinski definition) is 1. The maximum absolute atomic E-state index is 11.9. The van der Waals surface area contributed by atoms with Crippen molar-refractivity contribution in [1.82, 2.24) is 0 Å². The summed E-state index contributed by atoms with van der Waals surface area (Å²) >= 11 is 11.2. The summed E-state index contributed by atoms with van der Waals surface area (Å²) in [5, 5.41) is 0.105. The van der Waals surface area contributed by atoms with Crippen molar-refractivity contribution in [2.75, 3.05) is 5.88 Å². The largest absolute Gasteiger partial charge is 0.573 e. The average Bonchev–Trinajstić information content (AvgIpc) is 2.19. The van der Waals surface area contributed by atoms with Gasteiger partial charge < -0.3 is 4.74 Å². The average molecular weight is 283 g/mol. The number of hydrogen-bond donors (Lipinski definition) is 0. The first-order valence-corrected chi connectivity index (χ1v) is 5.44. The van der Waals surface area contributed by atoms with E-state index in [4.69, 9.17) is 23.2 Å². The van der Waals surface area contributed by atoms with Gasteiger partial charge in [0.2, 0.25) is 0 Å². The Morgan fingerprint density at radius 3 is 2.53 bits per heavy atom. The molecule has 17 heavy (non-hydrogen) atoms. The highest BCUT2D eigenvalue weighted by atomic mass is 35.5. The minimum absolute atomic E-state index is 0.105. The molecule has 0 N–H and O–H groups in total. The minimum Gasteiger partial charge on any atom is -0.406 e. The molecule has 0 fully saturated rings. The number of benzene rings is 1. The molecular weight excluding hydrogens is 276 g/mol. The van der Waals surface area contributed by atoms with E-state index in [2.05, 4.69) is 16.6 Å². The van der Waals surface area contributed by atoms with E-state index in [0.29, 0.717) is 17.9 Å². The van der Waals surface area contributed by atoms with Crippen LogP contribution in [0.5, 0.6) is 5.75 Å². The Balaban J connectivity index is 2.84. The molecule has 0 aromatic heterocycles. The molecule has 0 saturated heterocycles. The fraction of sp³-hybridized carbons (Fsp3) is 0.273. The molecule has 0 aliphatic rings. The number of halogens is 5. The Labute approximate surface area is 106 Å². The van der Waals surface area contributed by atoms with E-state index in [0.717, 1.165) is 12.1 Å². The van der Waals surface area contributed by atoms with Gasteiger partial charge >= 0.3 is 6.36 Å². The van der Waals surface area contributed by atoms with Crippen molar-refractivity contribution in [3.8, 4) is 17.6 Å². The zero-order chi connectivity index (χ0) is 12.9. The SMILES string of the molecule is FC(F)(F)Oc1ccc(C#CCCCl)c(Cl)c1. The Hall–Kier alpha value is -1.05. The quantitative estimate of drug-likeness (QED) is 0.583. The lowest BCUT2D eigenvalue weighted by molar-refractivity contribution is -0.274. The van der Waals surface area contributed by atoms with Gasteiger partial charge in [-0.3, -0.25) is 0 Å². The Bertz CT molecular complexity index is 446. The van der Waals surface area contributed by atoms with Gasteiger partial charge in [-0.2, -0.15) is 0 Å². The third-order valence-corrected chi connectivity index (χ3v) is 2.12. The molecule has 0 aliphatic carbocycles. The summed E-state index contributed by atoms with van der Waals surface area (Å²) in [7, 11) is 0. The smallest absolute Gasteiger partial charge is 0.406 e. The topological polar surface area (TPSA) is 9.23 Å². The van der Waals surface area contributed by atoms with Crippen LogP contribution in [0.2, 0.25) is 5.02 Å². The van der Waals surface area contributed by atoms with Crippen LogP contribution in [0.3, 0.4) is 0 Å². The van der Waals surface area contributed by atoms with Crippen LogP contribution in [0.25, 0.3) is 0 Å². The summed E-state index contributed by atoms with van der Waals surface area (Å²) < 4.78 is 39.5. The van der Waals surface area contributed by atoms with Crippen molar-refractivity contribution in [3.05, 3.63) is 28.8 Å². The lowest BCUT2D eigenvalue weighted by Gasteiger charge is -2.09. The van der Waals surface area contributed by atoms with E-state index in [1.807, 2.05) is 0 Å². The van der Waals surface area contributed by atoms with Gasteiger partial charge in [0.15, 0.2) is 0 Å². The maximum Gasteiger partial charge on any atom is 0.573 e. The molecule has 0 bridgehead atoms. The van der Waals surface area contributed by atoms with Crippen molar-refractivity contribution in [2.24, 2.45) is 0 Å². The summed E-state index contributed by atoms with van der Waals surface area (Å²) in [6.45, 7) is 0. The molecule has 0 spiro atoms. The van der Waals surface area contributed by atoms with Gasteiger partial charge in [0.1, 0.15) is 5.75 Å². The van der Waals surface area contributed by atoms with Crippen molar-refractivity contribution in [3.63, 3.8) is 0 Å². The zero-order valence-electron chi connectivity index (χ0n) is 8.44. The lowest BCUT2D eigenvalue weighted by Crippen LogP contribution is -2.17. The molecule has 1 nitrogen and oxygen atoms in total. The van der Waals surface area contributed by atoms with E-state index >= 15 is 0 Å². The normalized spacial score (nSPS) is 10.6. The van der Waals surface area contributed by atoms with Crippen molar-refractivity contribution >= 4 is 23.2 Å². The Kier molecular flexibility index (Phi) is 4.98. The molecule has 1 rings (SSSR count). The van der Waals surface area contributed by atoms with Crippen molar-refractivity contribution in [2.45, 2.75) is 12.8 Å². The van der Waals surface area contributed by atoms with Gasteiger partial charge in [-0.25, -0.2) is 0 Å². The highest BCUT2D eigenvalue weighted by Gasteiger charge is 2.31. The molecule has 0 saturated carbocycles. The molecule has 6 heteroatoms. The molecule has 0 aliphatic heterocycles. The van der Waals surface area contributed by atoms with Crippen LogP contribution < -0.4 is 4.74 Å². The molecule has 0 heterocycles. The summed E-state index contributed by atoms with van der Waals surface area (Å²) in [5.74, 6) is 5.45. The molecule has 1 aromatic carbocycles. The zero-order valence-corrected chi connectivity index (χ0v) is 9.96. The lowest BCUT2D eigenvalue weighted by atomic mass is 10.2. The summed E-state index contributed by atoms with van der Waals surface area (Å²) in [4.78, 5) is 0. The molecule has 0 atom stereocenters. The Morgan fingerprint density at radius 2 is 2.00 bits per heavy atom. The molecular formula is C11H7Cl2F3O. The van der Waals surface area contributed by atoms with Gasteiger partial charge in [0, 0.05) is 23.9 Å². The number of alkyl halides is 4. The first-order valence-electron chi connectivity index (χ1n) is 4.52. The van der Waals surface area contributed by atoms with Gasteiger partial charge in [-0.15, -0.1) is 24.8 Å². The molecule has 0 amide bonds. The van der Waals surface area contributed by atoms with E-state index in [9.17, 15) is 13.2 Å². The first-order chi connectivity index (χ1) is 7.92. The van der Waals surface area contributed by atoms with Crippen molar-refractivity contribution in [1.29, 1.82) is 0 Å². The van der Waals surface area contributed by atoms with Gasteiger partial charge in [-0.05, 0) is 12.1 Å². The number of ether oxygens (including phenoxy) is 1. The maximum atomic E-state index is 11.9. The molecule has 0 unspecified atom stereocenters. The molecule has 0 radical (unpaired) electrons. The van der Waals surface area contributed by atoms with Crippen molar-refractivity contribution < 1.29 is 17.9 Å². The van der Waals surface area contributed by atoms with Crippen LogP contribution in [0, 0.1) is 11.8 Å². The predicted octanol–water partition coefficient (Wildman–Crippen LogP) is 4.22. The highest BCUT2D eigenvalue weighted by Crippen LogP contribution is 2.27. The van der Waals surface area contributed by atoms with E-state index in [-0.39, 0.29) is 10.8 Å². The second-order valence-corrected chi connectivity index (χ2v) is 3.72. The highest BCUT2D eigenvalue weighted by molar-refractivity contribution is 6.31. The third kappa shape index (κ3) is 5.20. The second-order valence-electron chi connectivity index (χ2n) is 2.93. The summed E-state index contributed by atoms with van der Waals surface area (Å²) in [6, 6.07) is 3.59. The summed E-state index contributed by atoms with van der Waals surface area (Å²) in [6.07, 6.45) is -4.24. The van der Waals surface area contributed by atoms with E-state index in [1.165, 1.54) is 6.07 Å². The fourth-order valence-electron chi connectivity index (χ4n) is 0.999. The van der Waals surface area contributed by atoms with Crippen LogP contribution >= 0.6 is 23.2 Å². The second kappa shape index (κ2) is 6.04. The van der Waals surface area contributed by atoms with Gasteiger partial charge in [-0.1, -0.05) is 23.4 Å². The first kappa shape index (κ1) is 14.0. The van der Waals surface area contributed by atoms with Crippen LogP contribution in [0.4, 0.5) is 13.2 Å². The summed E-state index contributed by atoms with van der Waals surface area (Å²) in [5.41, 5.74) is 0.436. The predicted molar refractivity (Wildman–Crippen MR) is 60.4 cm³/mol. The van der Waals surface area contributed by atoms with Crippen LogP contribution in [-0.2, 0) is 0 Å². The fourth-order valence-corrected chi connectivity index (χ4v) is 1.31. The van der Waals surface area contributed by atoms with E-state index < -0.39 is 6.36 Å².